The zero-order chi connectivity index (χ0) is 16.6. The van der Waals surface area contributed by atoms with Gasteiger partial charge in [-0.05, 0) is 48.9 Å². The van der Waals surface area contributed by atoms with Crippen LogP contribution in [0.1, 0.15) is 5.56 Å². The lowest BCUT2D eigenvalue weighted by Gasteiger charge is -2.03. The van der Waals surface area contributed by atoms with Gasteiger partial charge in [-0.3, -0.25) is 4.55 Å². The second-order valence-electron chi connectivity index (χ2n) is 4.50. The molecule has 0 saturated carbocycles. The molecule has 0 amide bonds. The Morgan fingerprint density at radius 1 is 1.14 bits per heavy atom. The first kappa shape index (κ1) is 18.0. The third kappa shape index (κ3) is 6.57. The van der Waals surface area contributed by atoms with Crippen molar-refractivity contribution in [2.45, 2.75) is 11.8 Å². The highest BCUT2D eigenvalue weighted by molar-refractivity contribution is 7.85. The van der Waals surface area contributed by atoms with Gasteiger partial charge in [-0.25, -0.2) is 0 Å². The van der Waals surface area contributed by atoms with Crippen LogP contribution in [0.15, 0.2) is 53.4 Å². The molecule has 7 heteroatoms. The Kier molecular flexibility index (Phi) is 6.84. The highest BCUT2D eigenvalue weighted by atomic mass is 32.2. The molecule has 0 saturated heterocycles. The van der Waals surface area contributed by atoms with Gasteiger partial charge < -0.3 is 16.2 Å². The lowest BCUT2D eigenvalue weighted by atomic mass is 10.2. The van der Waals surface area contributed by atoms with Gasteiger partial charge in [0, 0.05) is 12.2 Å². The Bertz CT molecular complexity index is 685. The molecule has 0 radical (unpaired) electrons. The van der Waals surface area contributed by atoms with Gasteiger partial charge in [0.25, 0.3) is 10.1 Å². The van der Waals surface area contributed by atoms with E-state index in [1.807, 2.05) is 31.2 Å². The molecule has 6 nitrogen and oxygen atoms in total. The van der Waals surface area contributed by atoms with Crippen LogP contribution < -0.4 is 16.2 Å². The number of ether oxygens (including phenoxy) is 1. The zero-order valence-corrected chi connectivity index (χ0v) is 13.1. The maximum Gasteiger partial charge on any atom is 0.294 e. The first-order valence-electron chi connectivity index (χ1n) is 6.55. The van der Waals surface area contributed by atoms with Crippen molar-refractivity contribution in [3.63, 3.8) is 0 Å². The molecule has 22 heavy (non-hydrogen) atoms. The van der Waals surface area contributed by atoms with Crippen molar-refractivity contribution in [2.24, 2.45) is 5.73 Å². The van der Waals surface area contributed by atoms with E-state index in [0.29, 0.717) is 18.8 Å². The number of aryl methyl sites for hydroxylation is 1. The van der Waals surface area contributed by atoms with Gasteiger partial charge in [0.15, 0.2) is 0 Å². The van der Waals surface area contributed by atoms with Crippen LogP contribution in [0.5, 0.6) is 5.75 Å². The van der Waals surface area contributed by atoms with Gasteiger partial charge in [0.05, 0.1) is 4.90 Å². The number of nitrogens with two attached hydrogens (primary N) is 2. The minimum Gasteiger partial charge on any atom is -0.492 e. The smallest absolute Gasteiger partial charge is 0.294 e. The first-order chi connectivity index (χ1) is 10.3. The molecule has 0 unspecified atom stereocenters. The monoisotopic (exact) mass is 324 g/mol. The summed E-state index contributed by atoms with van der Waals surface area (Å²) in [5, 5.41) is 0. The van der Waals surface area contributed by atoms with Crippen LogP contribution in [0.2, 0.25) is 0 Å². The molecule has 5 N–H and O–H groups in total. The summed E-state index contributed by atoms with van der Waals surface area (Å²) < 4.78 is 34.7. The molecule has 0 atom stereocenters. The maximum absolute atomic E-state index is 10.5. The van der Waals surface area contributed by atoms with E-state index in [9.17, 15) is 8.42 Å². The van der Waals surface area contributed by atoms with Gasteiger partial charge in [-0.1, -0.05) is 12.1 Å². The predicted molar refractivity (Wildman–Crippen MR) is 86.4 cm³/mol. The summed E-state index contributed by atoms with van der Waals surface area (Å²) in [6.45, 7) is 3.19. The van der Waals surface area contributed by atoms with E-state index < -0.39 is 10.1 Å². The van der Waals surface area contributed by atoms with Crippen LogP contribution in [-0.4, -0.2) is 26.1 Å². The van der Waals surface area contributed by atoms with Crippen molar-refractivity contribution in [2.75, 3.05) is 18.9 Å². The molecule has 2 rings (SSSR count). The topological polar surface area (TPSA) is 116 Å². The van der Waals surface area contributed by atoms with Gasteiger partial charge >= 0.3 is 0 Å². The fraction of sp³-hybridized carbons (Fsp3) is 0.200. The summed E-state index contributed by atoms with van der Waals surface area (Å²) in [4.78, 5) is -0.147. The summed E-state index contributed by atoms with van der Waals surface area (Å²) in [5.41, 5.74) is 12.2. The van der Waals surface area contributed by atoms with Gasteiger partial charge in [-0.15, -0.1) is 0 Å². The van der Waals surface area contributed by atoms with Crippen molar-refractivity contribution in [1.29, 1.82) is 0 Å². The highest BCUT2D eigenvalue weighted by Crippen LogP contribution is 2.11. The number of anilines is 1. The lowest BCUT2D eigenvalue weighted by Crippen LogP contribution is -2.10. The van der Waals surface area contributed by atoms with E-state index in [2.05, 4.69) is 0 Å². The third-order valence-corrected chi connectivity index (χ3v) is 3.42. The van der Waals surface area contributed by atoms with Crippen LogP contribution in [0.4, 0.5) is 5.69 Å². The van der Waals surface area contributed by atoms with Gasteiger partial charge in [0.1, 0.15) is 12.4 Å². The largest absolute Gasteiger partial charge is 0.492 e. The summed E-state index contributed by atoms with van der Waals surface area (Å²) in [6.07, 6.45) is 0. The number of hydrogen-bond donors (Lipinski definition) is 3. The molecule has 120 valence electrons. The molecule has 0 aliphatic heterocycles. The van der Waals surface area contributed by atoms with Crippen molar-refractivity contribution in [3.8, 4) is 5.75 Å². The van der Waals surface area contributed by atoms with E-state index >= 15 is 0 Å². The summed E-state index contributed by atoms with van der Waals surface area (Å²) in [6, 6.07) is 13.2. The van der Waals surface area contributed by atoms with E-state index in [1.165, 1.54) is 29.8 Å². The van der Waals surface area contributed by atoms with Gasteiger partial charge in [-0.2, -0.15) is 8.42 Å². The van der Waals surface area contributed by atoms with Crippen molar-refractivity contribution >= 4 is 15.8 Å². The second-order valence-corrected chi connectivity index (χ2v) is 5.92. The van der Waals surface area contributed by atoms with Crippen molar-refractivity contribution in [1.82, 2.24) is 0 Å². The van der Waals surface area contributed by atoms with Crippen LogP contribution >= 0.6 is 0 Å². The lowest BCUT2D eigenvalue weighted by molar-refractivity contribution is 0.328. The minimum absolute atomic E-state index is 0.147. The molecule has 0 aliphatic rings. The summed E-state index contributed by atoms with van der Waals surface area (Å²) in [5.74, 6) is 0.899. The van der Waals surface area contributed by atoms with Crippen molar-refractivity contribution in [3.05, 3.63) is 54.1 Å². The van der Waals surface area contributed by atoms with Crippen LogP contribution in [0.3, 0.4) is 0 Å². The molecular weight excluding hydrogens is 304 g/mol. The van der Waals surface area contributed by atoms with E-state index in [1.54, 1.807) is 0 Å². The van der Waals surface area contributed by atoms with Crippen LogP contribution in [0.25, 0.3) is 0 Å². The average Bonchev–Trinajstić information content (AvgIpc) is 2.45. The zero-order valence-electron chi connectivity index (χ0n) is 12.3. The fourth-order valence-corrected chi connectivity index (χ4v) is 2.00. The molecule has 2 aromatic carbocycles. The Morgan fingerprint density at radius 3 is 2.27 bits per heavy atom. The van der Waals surface area contributed by atoms with Crippen LogP contribution in [0, 0.1) is 6.92 Å². The number of nitrogen functional groups attached to an aromatic ring is 1. The fourth-order valence-electron chi connectivity index (χ4n) is 1.52. The Hall–Kier alpha value is -2.09. The van der Waals surface area contributed by atoms with E-state index in [-0.39, 0.29) is 4.90 Å². The Balaban J connectivity index is 0.000000220. The Morgan fingerprint density at radius 2 is 1.77 bits per heavy atom. The SMILES string of the molecule is Cc1cccc(OCCN)c1.Nc1ccc(S(=O)(=O)O)cc1. The van der Waals surface area contributed by atoms with E-state index in [0.717, 1.165) is 5.75 Å². The number of benzene rings is 2. The summed E-state index contributed by atoms with van der Waals surface area (Å²) in [7, 11) is -4.08. The molecule has 0 heterocycles. The minimum atomic E-state index is -4.08. The van der Waals surface area contributed by atoms with Crippen LogP contribution in [-0.2, 0) is 10.1 Å². The number of rotatable bonds is 4. The quantitative estimate of drug-likeness (QED) is 0.584. The molecular formula is C15H20N2O4S. The molecule has 0 bridgehead atoms. The maximum atomic E-state index is 10.5. The standard InChI is InChI=1S/C9H13NO.C6H7NO3S/c1-8-3-2-4-9(7-8)11-6-5-10;7-5-1-3-6(4-2-5)11(8,9)10/h2-4,7H,5-6,10H2,1H3;1-4H,7H2,(H,8,9,10). The molecule has 0 aliphatic carbocycles. The highest BCUT2D eigenvalue weighted by Gasteiger charge is 2.06. The molecule has 0 fully saturated rings. The summed E-state index contributed by atoms with van der Waals surface area (Å²) >= 11 is 0. The average molecular weight is 324 g/mol. The number of hydrogen-bond acceptors (Lipinski definition) is 5. The van der Waals surface area contributed by atoms with E-state index in [4.69, 9.17) is 20.8 Å². The normalized spacial score (nSPS) is 10.5. The van der Waals surface area contributed by atoms with Crippen molar-refractivity contribution < 1.29 is 17.7 Å². The first-order valence-corrected chi connectivity index (χ1v) is 7.99. The second kappa shape index (κ2) is 8.38. The molecule has 0 aromatic heterocycles. The van der Waals surface area contributed by atoms with Gasteiger partial charge in [0.2, 0.25) is 0 Å². The third-order valence-electron chi connectivity index (χ3n) is 2.55. The molecule has 0 spiro atoms. The predicted octanol–water partition coefficient (Wildman–Crippen LogP) is 1.85. The molecule has 2 aromatic rings. The Labute approximate surface area is 130 Å².